The summed E-state index contributed by atoms with van der Waals surface area (Å²) in [5, 5.41) is 7.19. The van der Waals surface area contributed by atoms with Crippen LogP contribution in [0.15, 0.2) is 58.9 Å². The van der Waals surface area contributed by atoms with Gasteiger partial charge in [0.1, 0.15) is 39.6 Å². The lowest BCUT2D eigenvalue weighted by atomic mass is 10.1. The second-order valence-corrected chi connectivity index (χ2v) is 18.9. The lowest BCUT2D eigenvalue weighted by molar-refractivity contribution is -0.159. The molecule has 17 heteroatoms. The van der Waals surface area contributed by atoms with Crippen LogP contribution < -0.4 is 15.4 Å². The Balaban J connectivity index is 1.68. The van der Waals surface area contributed by atoms with E-state index >= 15 is 0 Å². The highest BCUT2D eigenvalue weighted by molar-refractivity contribution is 7.12. The Labute approximate surface area is 360 Å². The molecule has 0 aliphatic heterocycles. The minimum absolute atomic E-state index is 0.0113. The van der Waals surface area contributed by atoms with E-state index in [-0.39, 0.29) is 54.1 Å². The van der Waals surface area contributed by atoms with Crippen LogP contribution >= 0.6 is 22.9 Å². The number of nitrogens with zero attached hydrogens (tertiary/aromatic N) is 2. The van der Waals surface area contributed by atoms with Gasteiger partial charge in [-0.15, -0.1) is 16.3 Å². The number of benzene rings is 2. The summed E-state index contributed by atoms with van der Waals surface area (Å²) in [6.07, 6.45) is -1.62. The molecule has 3 rings (SSSR count). The molecule has 2 N–H and O–H groups in total. The summed E-state index contributed by atoms with van der Waals surface area (Å²) >= 11 is 7.76. The SMILES string of the molecule is CC(C)(C)OC(=O)CN(Cc1csc(C(=O)OC(C)(C)C)c1)C(=O)CCc1ccc(OC(=O)c2ccc(N/C(=N\C(=O)OC(C)(C)C)NC(=O)OC(C)(C)C)cc2)cc1Cl. The first-order valence-corrected chi connectivity index (χ1v) is 20.3. The lowest BCUT2D eigenvalue weighted by Crippen LogP contribution is -2.40. The molecule has 15 nitrogen and oxygen atoms in total. The number of esters is 3. The third-order valence-electron chi connectivity index (χ3n) is 7.16. The molecule has 0 spiro atoms. The number of nitrogens with one attached hydrogen (secondary N) is 2. The fourth-order valence-electron chi connectivity index (χ4n) is 4.93. The van der Waals surface area contributed by atoms with Crippen molar-refractivity contribution in [1.82, 2.24) is 10.2 Å². The number of rotatable bonds is 11. The number of aryl methyl sites for hydroxylation is 1. The number of halogens is 1. The van der Waals surface area contributed by atoms with Gasteiger partial charge in [0.15, 0.2) is 0 Å². The smallest absolute Gasteiger partial charge is 0.437 e. The van der Waals surface area contributed by atoms with Crippen LogP contribution in [0.4, 0.5) is 15.3 Å². The van der Waals surface area contributed by atoms with Crippen molar-refractivity contribution in [3.8, 4) is 5.75 Å². The van der Waals surface area contributed by atoms with E-state index in [1.165, 1.54) is 46.6 Å². The molecule has 3 aromatic rings. The Bertz CT molecular complexity index is 2070. The van der Waals surface area contributed by atoms with Crippen LogP contribution in [0.25, 0.3) is 0 Å². The number of aliphatic imine (C=N–C) groups is 1. The molecule has 0 radical (unpaired) electrons. The van der Waals surface area contributed by atoms with Crippen LogP contribution in [0.1, 0.15) is 121 Å². The van der Waals surface area contributed by atoms with Gasteiger partial charge in [0.2, 0.25) is 11.9 Å². The van der Waals surface area contributed by atoms with E-state index in [2.05, 4.69) is 15.6 Å². The van der Waals surface area contributed by atoms with E-state index < -0.39 is 52.5 Å². The zero-order valence-electron chi connectivity index (χ0n) is 36.2. The van der Waals surface area contributed by atoms with Crippen molar-refractivity contribution in [2.24, 2.45) is 4.99 Å². The van der Waals surface area contributed by atoms with E-state index in [9.17, 15) is 28.8 Å². The lowest BCUT2D eigenvalue weighted by Gasteiger charge is -2.25. The van der Waals surface area contributed by atoms with Crippen molar-refractivity contribution >= 4 is 70.6 Å². The third-order valence-corrected chi connectivity index (χ3v) is 8.47. The van der Waals surface area contributed by atoms with Crippen molar-refractivity contribution in [1.29, 1.82) is 0 Å². The van der Waals surface area contributed by atoms with Crippen molar-refractivity contribution in [2.45, 2.75) is 125 Å². The maximum Gasteiger partial charge on any atom is 0.437 e. The van der Waals surface area contributed by atoms with Crippen molar-refractivity contribution in [3.63, 3.8) is 0 Å². The number of hydrogen-bond donors (Lipinski definition) is 2. The first-order valence-electron chi connectivity index (χ1n) is 19.0. The average molecular weight is 871 g/mol. The highest BCUT2D eigenvalue weighted by Gasteiger charge is 2.25. The molecule has 0 atom stereocenters. The predicted molar refractivity (Wildman–Crippen MR) is 229 cm³/mol. The van der Waals surface area contributed by atoms with Gasteiger partial charge in [-0.25, -0.2) is 19.2 Å². The first-order chi connectivity index (χ1) is 27.5. The molecule has 0 saturated carbocycles. The Morgan fingerprint density at radius 3 is 1.90 bits per heavy atom. The maximum absolute atomic E-state index is 13.6. The van der Waals surface area contributed by atoms with Crippen LogP contribution in [0.3, 0.4) is 0 Å². The Morgan fingerprint density at radius 2 is 1.33 bits per heavy atom. The second kappa shape index (κ2) is 20.2. The summed E-state index contributed by atoms with van der Waals surface area (Å²) in [6, 6.07) is 12.2. The van der Waals surface area contributed by atoms with Gasteiger partial charge in [0, 0.05) is 23.7 Å². The monoisotopic (exact) mass is 870 g/mol. The number of guanidine groups is 1. The number of ether oxygens (including phenoxy) is 5. The van der Waals surface area contributed by atoms with Gasteiger partial charge < -0.3 is 33.9 Å². The molecule has 0 bridgehead atoms. The zero-order chi connectivity index (χ0) is 45.2. The number of carbonyl (C=O) groups excluding carboxylic acids is 6. The van der Waals surface area contributed by atoms with Crippen molar-refractivity contribution in [2.75, 3.05) is 11.9 Å². The molecule has 0 aliphatic rings. The van der Waals surface area contributed by atoms with E-state index in [1.807, 2.05) is 0 Å². The van der Waals surface area contributed by atoms with Gasteiger partial charge in [-0.05, 0) is 148 Å². The van der Waals surface area contributed by atoms with E-state index in [0.29, 0.717) is 21.7 Å². The summed E-state index contributed by atoms with van der Waals surface area (Å²) in [5.41, 5.74) is -1.30. The Kier molecular flexibility index (Phi) is 16.4. The summed E-state index contributed by atoms with van der Waals surface area (Å²) in [6.45, 7) is 20.3. The number of alkyl carbamates (subject to hydrolysis) is 1. The van der Waals surface area contributed by atoms with Gasteiger partial charge in [0.25, 0.3) is 0 Å². The summed E-state index contributed by atoms with van der Waals surface area (Å²) < 4.78 is 27.0. The quantitative estimate of drug-likeness (QED) is 0.0613. The van der Waals surface area contributed by atoms with Crippen LogP contribution in [-0.2, 0) is 41.5 Å². The molecule has 3 amide bonds. The van der Waals surface area contributed by atoms with Crippen molar-refractivity contribution in [3.05, 3.63) is 80.5 Å². The second-order valence-electron chi connectivity index (χ2n) is 17.6. The molecule has 0 saturated heterocycles. The third kappa shape index (κ3) is 18.2. The van der Waals surface area contributed by atoms with E-state index in [4.69, 9.17) is 35.3 Å². The zero-order valence-corrected chi connectivity index (χ0v) is 37.8. The highest BCUT2D eigenvalue weighted by Crippen LogP contribution is 2.26. The van der Waals surface area contributed by atoms with E-state index in [0.717, 1.165) is 0 Å². The molecule has 0 aliphatic carbocycles. The normalized spacial score (nSPS) is 12.2. The maximum atomic E-state index is 13.6. The number of thiophene rings is 1. The largest absolute Gasteiger partial charge is 0.459 e. The van der Waals surface area contributed by atoms with Crippen LogP contribution in [0, 0.1) is 0 Å². The molecule has 1 aromatic heterocycles. The minimum atomic E-state index is -0.955. The molecule has 0 unspecified atom stereocenters. The minimum Gasteiger partial charge on any atom is -0.459 e. The standard InChI is InChI=1S/C43H55ClN4O11S/c1-40(2,3)56-34(50)24-48(23-26-21-32(60-25-26)36(52)57-41(4,5)6)33(49)20-16-27-15-19-30(22-31(27)44)55-35(51)28-13-17-29(18-14-28)45-37(46-38(53)58-42(7,8)9)47-39(54)59-43(10,11)12/h13-15,17-19,21-22,25H,16,20,23-24H2,1-12H3,(H2,45,46,47,53,54). The molecule has 326 valence electrons. The Hall–Kier alpha value is -5.48. The first kappa shape index (κ1) is 48.9. The molecule has 1 heterocycles. The summed E-state index contributed by atoms with van der Waals surface area (Å²) in [5.74, 6) is -2.22. The van der Waals surface area contributed by atoms with Crippen molar-refractivity contribution < 1.29 is 52.5 Å². The predicted octanol–water partition coefficient (Wildman–Crippen LogP) is 9.11. The highest BCUT2D eigenvalue weighted by atomic mass is 35.5. The van der Waals surface area contributed by atoms with Gasteiger partial charge in [0.05, 0.1) is 5.56 Å². The van der Waals surface area contributed by atoms with Crippen LogP contribution in [-0.4, -0.2) is 75.8 Å². The molecule has 2 aromatic carbocycles. The number of hydrogen-bond acceptors (Lipinski definition) is 12. The summed E-state index contributed by atoms with van der Waals surface area (Å²) in [7, 11) is 0. The topological polar surface area (TPSA) is 188 Å². The van der Waals surface area contributed by atoms with Crippen LogP contribution in [0.2, 0.25) is 5.02 Å². The summed E-state index contributed by atoms with van der Waals surface area (Å²) in [4.78, 5) is 82.4. The molecular formula is C43H55ClN4O11S. The molecule has 0 fully saturated rings. The Morgan fingerprint density at radius 1 is 0.733 bits per heavy atom. The van der Waals surface area contributed by atoms with Gasteiger partial charge in [-0.2, -0.15) is 0 Å². The molecule has 60 heavy (non-hydrogen) atoms. The van der Waals surface area contributed by atoms with Gasteiger partial charge in [-0.1, -0.05) is 17.7 Å². The van der Waals surface area contributed by atoms with Gasteiger partial charge in [-0.3, -0.25) is 14.9 Å². The average Bonchev–Trinajstić information content (AvgIpc) is 3.53. The number of carbonyl (C=O) groups is 6. The number of anilines is 1. The van der Waals surface area contributed by atoms with Gasteiger partial charge >= 0.3 is 30.1 Å². The fraction of sp³-hybridized carbons (Fsp3) is 0.465. The molecular weight excluding hydrogens is 816 g/mol. The van der Waals surface area contributed by atoms with E-state index in [1.54, 1.807) is 107 Å². The fourth-order valence-corrected chi connectivity index (χ4v) is 5.97. The van der Waals surface area contributed by atoms with Crippen LogP contribution in [0.5, 0.6) is 5.75 Å². The number of amides is 3.